The van der Waals surface area contributed by atoms with E-state index < -0.39 is 6.36 Å². The summed E-state index contributed by atoms with van der Waals surface area (Å²) in [6.07, 6.45) is 1.56. The predicted octanol–water partition coefficient (Wildman–Crippen LogP) is 5.29. The Morgan fingerprint density at radius 3 is 2.67 bits per heavy atom. The van der Waals surface area contributed by atoms with Crippen LogP contribution >= 0.6 is 0 Å². The molecule has 1 aliphatic carbocycles. The van der Waals surface area contributed by atoms with Gasteiger partial charge >= 0.3 is 6.36 Å². The quantitative estimate of drug-likeness (QED) is 0.607. The van der Waals surface area contributed by atoms with Gasteiger partial charge in [0.1, 0.15) is 17.2 Å². The van der Waals surface area contributed by atoms with E-state index in [1.54, 1.807) is 12.1 Å². The third-order valence-corrected chi connectivity index (χ3v) is 5.56. The van der Waals surface area contributed by atoms with Crippen molar-refractivity contribution in [2.45, 2.75) is 45.0 Å². The van der Waals surface area contributed by atoms with Crippen molar-refractivity contribution in [2.24, 2.45) is 5.92 Å². The Morgan fingerprint density at radius 2 is 1.93 bits per heavy atom. The highest BCUT2D eigenvalue weighted by Crippen LogP contribution is 2.38. The second kappa shape index (κ2) is 8.04. The van der Waals surface area contributed by atoms with Crippen LogP contribution in [0.3, 0.4) is 0 Å². The van der Waals surface area contributed by atoms with Crippen molar-refractivity contribution in [1.82, 2.24) is 14.6 Å². The molecule has 1 aliphatic rings. The van der Waals surface area contributed by atoms with Gasteiger partial charge in [-0.25, -0.2) is 0 Å². The minimum atomic E-state index is -4.84. The van der Waals surface area contributed by atoms with Gasteiger partial charge in [0.25, 0.3) is 0 Å². The van der Waals surface area contributed by atoms with Crippen LogP contribution in [0.2, 0.25) is 0 Å². The molecule has 0 bridgehead atoms. The molecule has 0 amide bonds. The van der Waals surface area contributed by atoms with E-state index in [1.807, 2.05) is 16.7 Å². The molecule has 0 spiro atoms. The van der Waals surface area contributed by atoms with E-state index >= 15 is 0 Å². The number of rotatable bonds is 5. The van der Waals surface area contributed by atoms with E-state index in [1.165, 1.54) is 25.7 Å². The highest BCUT2D eigenvalue weighted by atomic mass is 19.4. The molecule has 1 unspecified atom stereocenters. The zero-order valence-electron chi connectivity index (χ0n) is 16.7. The number of alkyl halides is 3. The molecule has 0 aliphatic heterocycles. The maximum Gasteiger partial charge on any atom is 0.573 e. The van der Waals surface area contributed by atoms with Crippen LogP contribution < -0.4 is 14.8 Å². The first kappa shape index (κ1) is 20.3. The fourth-order valence-electron chi connectivity index (χ4n) is 3.98. The molecule has 0 saturated heterocycles. The molecule has 0 radical (unpaired) electrons. The molecule has 2 heterocycles. The number of aromatic nitrogens is 3. The van der Waals surface area contributed by atoms with E-state index in [9.17, 15) is 13.2 Å². The van der Waals surface area contributed by atoms with E-state index in [0.717, 1.165) is 19.3 Å². The van der Waals surface area contributed by atoms with Gasteiger partial charge in [0.05, 0.1) is 12.6 Å². The van der Waals surface area contributed by atoms with E-state index in [0.29, 0.717) is 23.1 Å². The molecule has 1 aromatic carbocycles. The van der Waals surface area contributed by atoms with E-state index in [-0.39, 0.29) is 23.1 Å². The van der Waals surface area contributed by atoms with Gasteiger partial charge in [-0.3, -0.25) is 4.40 Å². The van der Waals surface area contributed by atoms with E-state index in [4.69, 9.17) is 4.74 Å². The highest BCUT2D eigenvalue weighted by molar-refractivity contribution is 5.81. The number of halogens is 3. The number of ether oxygens (including phenoxy) is 2. The summed E-state index contributed by atoms with van der Waals surface area (Å²) in [5.41, 5.74) is 1.11. The zero-order valence-corrected chi connectivity index (χ0v) is 16.7. The maximum atomic E-state index is 13.0. The first-order valence-corrected chi connectivity index (χ1v) is 9.90. The number of anilines is 1. The average molecular weight is 420 g/mol. The normalized spacial score (nSPS) is 19.6. The number of hydrogen-bond donors (Lipinski definition) is 1. The van der Waals surface area contributed by atoms with Crippen LogP contribution in [-0.4, -0.2) is 34.1 Å². The average Bonchev–Trinajstić information content (AvgIpc) is 3.19. The molecule has 2 aromatic heterocycles. The molecule has 2 atom stereocenters. The smallest absolute Gasteiger partial charge is 0.497 e. The number of hydrogen-bond acceptors (Lipinski definition) is 5. The van der Waals surface area contributed by atoms with Crippen LogP contribution in [0.4, 0.5) is 19.1 Å². The Balaban J connectivity index is 1.75. The van der Waals surface area contributed by atoms with Gasteiger partial charge in [0.15, 0.2) is 0 Å². The van der Waals surface area contributed by atoms with Crippen LogP contribution in [0.25, 0.3) is 16.8 Å². The van der Waals surface area contributed by atoms with Crippen molar-refractivity contribution in [1.29, 1.82) is 0 Å². The molecule has 4 rings (SSSR count). The minimum absolute atomic E-state index is 0.182. The molecule has 3 aromatic rings. The lowest BCUT2D eigenvalue weighted by molar-refractivity contribution is -0.274. The third-order valence-electron chi connectivity index (χ3n) is 5.56. The zero-order chi connectivity index (χ0) is 21.3. The maximum absolute atomic E-state index is 13.0. The Kier molecular flexibility index (Phi) is 5.44. The monoisotopic (exact) mass is 420 g/mol. The lowest BCUT2D eigenvalue weighted by Gasteiger charge is -2.30. The predicted molar refractivity (Wildman–Crippen MR) is 107 cm³/mol. The summed E-state index contributed by atoms with van der Waals surface area (Å²) in [6.45, 7) is 2.21. The van der Waals surface area contributed by atoms with Gasteiger partial charge < -0.3 is 14.8 Å². The molecular weight excluding hydrogens is 397 g/mol. The summed E-state index contributed by atoms with van der Waals surface area (Å²) in [7, 11) is 1.38. The SMILES string of the molecule is COc1ccc(-c2nnc(NC3CCCC[C@@H]3C)n3cccc23)c(OC(F)(F)F)c1. The second-order valence-corrected chi connectivity index (χ2v) is 7.56. The van der Waals surface area contributed by atoms with Crippen molar-refractivity contribution in [2.75, 3.05) is 12.4 Å². The van der Waals surface area contributed by atoms with Crippen molar-refractivity contribution < 1.29 is 22.6 Å². The number of benzene rings is 1. The Labute approximate surface area is 172 Å². The van der Waals surface area contributed by atoms with Gasteiger partial charge in [-0.2, -0.15) is 0 Å². The van der Waals surface area contributed by atoms with Gasteiger partial charge in [-0.1, -0.05) is 19.8 Å². The molecule has 1 fully saturated rings. The molecule has 1 saturated carbocycles. The topological polar surface area (TPSA) is 60.7 Å². The fraction of sp³-hybridized carbons (Fsp3) is 0.429. The van der Waals surface area contributed by atoms with Crippen molar-refractivity contribution in [3.63, 3.8) is 0 Å². The standard InChI is InChI=1S/C21H23F3N4O2/c1-13-6-3-4-7-16(13)25-20-27-26-19(17-8-5-11-28(17)20)15-10-9-14(29-2)12-18(15)30-21(22,23)24/h5,8-13,16H,3-4,6-7H2,1-2H3,(H,25,27)/t13-,16?/m0/s1. The van der Waals surface area contributed by atoms with Crippen LogP contribution in [0.5, 0.6) is 11.5 Å². The lowest BCUT2D eigenvalue weighted by Crippen LogP contribution is -2.31. The summed E-state index contributed by atoms with van der Waals surface area (Å²) in [5.74, 6) is 0.950. The van der Waals surface area contributed by atoms with Crippen LogP contribution in [0.1, 0.15) is 32.6 Å². The summed E-state index contributed by atoms with van der Waals surface area (Å²) in [6, 6.07) is 8.14. The summed E-state index contributed by atoms with van der Waals surface area (Å²) < 4.78 is 50.0. The fourth-order valence-corrected chi connectivity index (χ4v) is 3.98. The minimum Gasteiger partial charge on any atom is -0.497 e. The summed E-state index contributed by atoms with van der Waals surface area (Å²) in [4.78, 5) is 0. The highest BCUT2D eigenvalue weighted by Gasteiger charge is 2.33. The molecular formula is C21H23F3N4O2. The number of nitrogens with zero attached hydrogens (tertiary/aromatic N) is 3. The summed E-state index contributed by atoms with van der Waals surface area (Å²) in [5, 5.41) is 12.0. The molecule has 1 N–H and O–H groups in total. The van der Waals surface area contributed by atoms with Gasteiger partial charge in [0, 0.05) is 23.9 Å². The molecule has 160 valence electrons. The largest absolute Gasteiger partial charge is 0.573 e. The van der Waals surface area contributed by atoms with Crippen molar-refractivity contribution in [3.05, 3.63) is 36.5 Å². The van der Waals surface area contributed by atoms with Crippen LogP contribution in [0.15, 0.2) is 36.5 Å². The van der Waals surface area contributed by atoms with Crippen molar-refractivity contribution >= 4 is 11.5 Å². The number of methoxy groups -OCH3 is 1. The number of fused-ring (bicyclic) bond motifs is 1. The first-order valence-electron chi connectivity index (χ1n) is 9.90. The van der Waals surface area contributed by atoms with Crippen molar-refractivity contribution in [3.8, 4) is 22.8 Å². The van der Waals surface area contributed by atoms with Crippen LogP contribution in [-0.2, 0) is 0 Å². The van der Waals surface area contributed by atoms with E-state index in [2.05, 4.69) is 27.2 Å². The number of nitrogens with one attached hydrogen (secondary N) is 1. The molecule has 6 nitrogen and oxygen atoms in total. The Morgan fingerprint density at radius 1 is 1.13 bits per heavy atom. The van der Waals surface area contributed by atoms with Gasteiger partial charge in [0.2, 0.25) is 5.95 Å². The lowest BCUT2D eigenvalue weighted by atomic mass is 9.86. The van der Waals surface area contributed by atoms with Crippen LogP contribution in [0, 0.1) is 5.92 Å². The van der Waals surface area contributed by atoms with Gasteiger partial charge in [-0.05, 0) is 43.0 Å². The molecule has 9 heteroatoms. The summed E-state index contributed by atoms with van der Waals surface area (Å²) >= 11 is 0. The third kappa shape index (κ3) is 4.15. The first-order chi connectivity index (χ1) is 14.4. The van der Waals surface area contributed by atoms with Gasteiger partial charge in [-0.15, -0.1) is 23.4 Å². The molecule has 30 heavy (non-hydrogen) atoms. The Hall–Kier alpha value is -2.97. The second-order valence-electron chi connectivity index (χ2n) is 7.56. The Bertz CT molecular complexity index is 1030.